The third-order valence-electron chi connectivity index (χ3n) is 2.95. The molecule has 0 radical (unpaired) electrons. The molecule has 116 valence electrons. The van der Waals surface area contributed by atoms with E-state index in [-0.39, 0.29) is 19.1 Å². The third-order valence-corrected chi connectivity index (χ3v) is 3.70. The van der Waals surface area contributed by atoms with Gasteiger partial charge < -0.3 is 15.2 Å². The van der Waals surface area contributed by atoms with E-state index in [9.17, 15) is 9.90 Å². The number of carbonyl (C=O) groups is 1. The molecule has 0 saturated heterocycles. The Morgan fingerprint density at radius 3 is 2.64 bits per heavy atom. The van der Waals surface area contributed by atoms with Gasteiger partial charge in [0.2, 0.25) is 0 Å². The van der Waals surface area contributed by atoms with E-state index in [2.05, 4.69) is 21.2 Å². The van der Waals surface area contributed by atoms with Crippen LogP contribution in [0.2, 0.25) is 5.02 Å². The van der Waals surface area contributed by atoms with E-state index in [1.54, 1.807) is 30.3 Å². The minimum Gasteiger partial charge on any atom is -0.483 e. The highest BCUT2D eigenvalue weighted by Crippen LogP contribution is 2.23. The van der Waals surface area contributed by atoms with E-state index in [1.165, 1.54) is 0 Å². The Labute approximate surface area is 142 Å². The van der Waals surface area contributed by atoms with Crippen molar-refractivity contribution in [2.75, 3.05) is 6.61 Å². The first-order chi connectivity index (χ1) is 10.6. The first-order valence-electron chi connectivity index (χ1n) is 6.61. The minimum atomic E-state index is -0.234. The lowest BCUT2D eigenvalue weighted by atomic mass is 10.2. The van der Waals surface area contributed by atoms with E-state index in [0.29, 0.717) is 22.9 Å². The summed E-state index contributed by atoms with van der Waals surface area (Å²) < 4.78 is 6.28. The van der Waals surface area contributed by atoms with Gasteiger partial charge in [0.1, 0.15) is 5.75 Å². The lowest BCUT2D eigenvalue weighted by molar-refractivity contribution is -0.123. The van der Waals surface area contributed by atoms with E-state index in [1.807, 2.05) is 12.1 Å². The number of carbonyl (C=O) groups excluding carboxylic acids is 1. The number of halogens is 2. The van der Waals surface area contributed by atoms with Crippen molar-refractivity contribution in [3.8, 4) is 5.75 Å². The van der Waals surface area contributed by atoms with Gasteiger partial charge in [-0.1, -0.05) is 39.7 Å². The molecule has 2 aromatic rings. The van der Waals surface area contributed by atoms with Crippen molar-refractivity contribution < 1.29 is 14.6 Å². The second-order valence-electron chi connectivity index (χ2n) is 4.60. The fourth-order valence-corrected chi connectivity index (χ4v) is 2.34. The number of aliphatic hydroxyl groups excluding tert-OH is 1. The van der Waals surface area contributed by atoms with Crippen LogP contribution in [0.3, 0.4) is 0 Å². The van der Waals surface area contributed by atoms with Gasteiger partial charge in [0.25, 0.3) is 5.91 Å². The van der Waals surface area contributed by atoms with Gasteiger partial charge in [-0.15, -0.1) is 0 Å². The Bertz CT molecular complexity index is 646. The van der Waals surface area contributed by atoms with Crippen molar-refractivity contribution in [2.24, 2.45) is 0 Å². The van der Waals surface area contributed by atoms with Crippen LogP contribution in [-0.2, 0) is 17.9 Å². The van der Waals surface area contributed by atoms with Crippen LogP contribution in [0, 0.1) is 0 Å². The van der Waals surface area contributed by atoms with Gasteiger partial charge >= 0.3 is 0 Å². The molecule has 0 bridgehead atoms. The Hall–Kier alpha value is -1.56. The van der Waals surface area contributed by atoms with Crippen molar-refractivity contribution in [3.63, 3.8) is 0 Å². The summed E-state index contributed by atoms with van der Waals surface area (Å²) in [4.78, 5) is 11.8. The van der Waals surface area contributed by atoms with Crippen LogP contribution >= 0.6 is 27.5 Å². The SMILES string of the molecule is O=C(COc1ccc(Br)cc1CO)NCc1ccc(Cl)cc1. The normalized spacial score (nSPS) is 10.3. The summed E-state index contributed by atoms with van der Waals surface area (Å²) in [5, 5.41) is 12.7. The number of hydrogen-bond donors (Lipinski definition) is 2. The highest BCUT2D eigenvalue weighted by molar-refractivity contribution is 9.10. The highest BCUT2D eigenvalue weighted by Gasteiger charge is 2.07. The zero-order valence-electron chi connectivity index (χ0n) is 11.7. The van der Waals surface area contributed by atoms with E-state index >= 15 is 0 Å². The molecule has 4 nitrogen and oxygen atoms in total. The molecule has 1 amide bonds. The van der Waals surface area contributed by atoms with Crippen LogP contribution in [0.4, 0.5) is 0 Å². The van der Waals surface area contributed by atoms with Crippen LogP contribution < -0.4 is 10.1 Å². The molecule has 0 spiro atoms. The van der Waals surface area contributed by atoms with Crippen molar-refractivity contribution >= 4 is 33.4 Å². The van der Waals surface area contributed by atoms with E-state index < -0.39 is 0 Å². The second-order valence-corrected chi connectivity index (χ2v) is 5.95. The molecular weight excluding hydrogens is 370 g/mol. The van der Waals surface area contributed by atoms with Crippen molar-refractivity contribution in [2.45, 2.75) is 13.2 Å². The van der Waals surface area contributed by atoms with E-state index in [4.69, 9.17) is 16.3 Å². The molecule has 0 aliphatic heterocycles. The first-order valence-corrected chi connectivity index (χ1v) is 7.79. The summed E-state index contributed by atoms with van der Waals surface area (Å²) >= 11 is 9.12. The fraction of sp³-hybridized carbons (Fsp3) is 0.188. The summed E-state index contributed by atoms with van der Waals surface area (Å²) in [5.74, 6) is 0.258. The molecule has 0 atom stereocenters. The van der Waals surface area contributed by atoms with Gasteiger partial charge in [-0.25, -0.2) is 0 Å². The second kappa shape index (κ2) is 8.17. The maximum Gasteiger partial charge on any atom is 0.258 e. The quantitative estimate of drug-likeness (QED) is 0.803. The molecule has 22 heavy (non-hydrogen) atoms. The number of ether oxygens (including phenoxy) is 1. The molecule has 2 N–H and O–H groups in total. The molecule has 0 unspecified atom stereocenters. The molecule has 0 aliphatic rings. The van der Waals surface area contributed by atoms with Crippen LogP contribution in [0.25, 0.3) is 0 Å². The minimum absolute atomic E-state index is 0.109. The monoisotopic (exact) mass is 383 g/mol. The summed E-state index contributed by atoms with van der Waals surface area (Å²) in [7, 11) is 0. The molecule has 0 aliphatic carbocycles. The van der Waals surface area contributed by atoms with Crippen molar-refractivity contribution in [1.82, 2.24) is 5.32 Å². The maximum atomic E-state index is 11.8. The number of benzene rings is 2. The van der Waals surface area contributed by atoms with Crippen LogP contribution in [0.1, 0.15) is 11.1 Å². The standard InChI is InChI=1S/C16H15BrClNO3/c17-13-3-6-15(12(7-13)9-20)22-10-16(21)19-8-11-1-4-14(18)5-2-11/h1-7,20H,8-10H2,(H,19,21). The number of rotatable bonds is 6. The first kappa shape index (κ1) is 16.8. The van der Waals surface area contributed by atoms with E-state index in [0.717, 1.165) is 10.0 Å². The zero-order chi connectivity index (χ0) is 15.9. The molecule has 6 heteroatoms. The van der Waals surface area contributed by atoms with Gasteiger partial charge in [0, 0.05) is 21.6 Å². The lowest BCUT2D eigenvalue weighted by Gasteiger charge is -2.11. The fourth-order valence-electron chi connectivity index (χ4n) is 1.81. The zero-order valence-corrected chi connectivity index (χ0v) is 14.0. The molecule has 0 aromatic heterocycles. The van der Waals surface area contributed by atoms with Crippen molar-refractivity contribution in [1.29, 1.82) is 0 Å². The molecule has 0 heterocycles. The third kappa shape index (κ3) is 5.02. The average Bonchev–Trinajstić information content (AvgIpc) is 2.53. The number of aliphatic hydroxyl groups is 1. The largest absolute Gasteiger partial charge is 0.483 e. The highest BCUT2D eigenvalue weighted by atomic mass is 79.9. The van der Waals surface area contributed by atoms with Gasteiger partial charge in [-0.2, -0.15) is 0 Å². The average molecular weight is 385 g/mol. The predicted molar refractivity (Wildman–Crippen MR) is 88.9 cm³/mol. The Balaban J connectivity index is 1.84. The number of amides is 1. The topological polar surface area (TPSA) is 58.6 Å². The van der Waals surface area contributed by atoms with Gasteiger partial charge in [0.05, 0.1) is 6.61 Å². The summed E-state index contributed by atoms with van der Waals surface area (Å²) in [6, 6.07) is 12.5. The molecule has 2 aromatic carbocycles. The lowest BCUT2D eigenvalue weighted by Crippen LogP contribution is -2.28. The summed E-state index contributed by atoms with van der Waals surface area (Å²) in [6.45, 7) is 0.149. The van der Waals surface area contributed by atoms with Crippen LogP contribution in [-0.4, -0.2) is 17.6 Å². The summed E-state index contributed by atoms with van der Waals surface area (Å²) in [5.41, 5.74) is 1.58. The molecule has 2 rings (SSSR count). The Kier molecular flexibility index (Phi) is 6.24. The molecule has 0 fully saturated rings. The number of nitrogens with one attached hydrogen (secondary N) is 1. The van der Waals surface area contributed by atoms with Crippen LogP contribution in [0.15, 0.2) is 46.9 Å². The smallest absolute Gasteiger partial charge is 0.258 e. The predicted octanol–water partition coefficient (Wildman–Crippen LogP) is 3.29. The molecule has 0 saturated carbocycles. The van der Waals surface area contributed by atoms with Crippen LogP contribution in [0.5, 0.6) is 5.75 Å². The van der Waals surface area contributed by atoms with Gasteiger partial charge in [-0.05, 0) is 35.9 Å². The van der Waals surface area contributed by atoms with Crippen molar-refractivity contribution in [3.05, 3.63) is 63.1 Å². The Morgan fingerprint density at radius 2 is 1.95 bits per heavy atom. The van der Waals surface area contributed by atoms with Gasteiger partial charge in [-0.3, -0.25) is 4.79 Å². The summed E-state index contributed by atoms with van der Waals surface area (Å²) in [6.07, 6.45) is 0. The number of hydrogen-bond acceptors (Lipinski definition) is 3. The molecular formula is C16H15BrClNO3. The Morgan fingerprint density at radius 1 is 1.23 bits per heavy atom. The maximum absolute atomic E-state index is 11.8. The van der Waals surface area contributed by atoms with Gasteiger partial charge in [0.15, 0.2) is 6.61 Å².